The van der Waals surface area contributed by atoms with Crippen LogP contribution in [0.25, 0.3) is 0 Å². The Balaban J connectivity index is 2.83. The van der Waals surface area contributed by atoms with Gasteiger partial charge in [0.05, 0.1) is 6.61 Å². The van der Waals surface area contributed by atoms with Crippen molar-refractivity contribution in [1.82, 2.24) is 4.90 Å². The van der Waals surface area contributed by atoms with Gasteiger partial charge in [-0.3, -0.25) is 4.90 Å². The number of unbranched alkanes of at least 4 members (excludes halogenated alkanes) is 1. The molecule has 3 heteroatoms. The van der Waals surface area contributed by atoms with Crippen LogP contribution in [-0.4, -0.2) is 36.2 Å². The fourth-order valence-electron chi connectivity index (χ4n) is 2.29. The third-order valence-corrected chi connectivity index (χ3v) is 3.28. The van der Waals surface area contributed by atoms with E-state index < -0.39 is 0 Å². The Bertz CT molecular complexity index is 341. The van der Waals surface area contributed by atoms with Crippen LogP contribution in [0.15, 0.2) is 24.3 Å². The van der Waals surface area contributed by atoms with Gasteiger partial charge in [-0.1, -0.05) is 43.2 Å². The second-order valence-electron chi connectivity index (χ2n) is 4.78. The molecule has 0 aliphatic rings. The number of aliphatic hydroxyl groups is 1. The van der Waals surface area contributed by atoms with Gasteiger partial charge in [0.2, 0.25) is 0 Å². The minimum atomic E-state index is 0.187. The summed E-state index contributed by atoms with van der Waals surface area (Å²) in [5, 5.41) is 9.20. The van der Waals surface area contributed by atoms with Crippen molar-refractivity contribution in [2.45, 2.75) is 32.7 Å². The van der Waals surface area contributed by atoms with Crippen molar-refractivity contribution in [2.24, 2.45) is 5.73 Å². The number of aliphatic hydroxyl groups excluding tert-OH is 1. The summed E-state index contributed by atoms with van der Waals surface area (Å²) in [5.74, 6) is 0. The first-order valence-electron chi connectivity index (χ1n) is 6.84. The van der Waals surface area contributed by atoms with Gasteiger partial charge >= 0.3 is 0 Å². The van der Waals surface area contributed by atoms with E-state index in [2.05, 4.69) is 43.0 Å². The SMILES string of the molecule is CCCCN(CCO)C(CN)c1cccc(C)c1. The highest BCUT2D eigenvalue weighted by Gasteiger charge is 2.18. The minimum absolute atomic E-state index is 0.187. The zero-order valence-electron chi connectivity index (χ0n) is 11.6. The standard InChI is InChI=1S/C15H26N2O/c1-3-4-8-17(9-10-18)15(12-16)14-7-5-6-13(2)11-14/h5-7,11,15,18H,3-4,8-10,12,16H2,1-2H3. The van der Waals surface area contributed by atoms with Crippen molar-refractivity contribution < 1.29 is 5.11 Å². The Morgan fingerprint density at radius 2 is 2.11 bits per heavy atom. The highest BCUT2D eigenvalue weighted by molar-refractivity contribution is 5.25. The molecule has 1 rings (SSSR count). The van der Waals surface area contributed by atoms with Crippen LogP contribution in [-0.2, 0) is 0 Å². The Kier molecular flexibility index (Phi) is 6.94. The molecule has 0 amide bonds. The van der Waals surface area contributed by atoms with Gasteiger partial charge in [0.1, 0.15) is 0 Å². The van der Waals surface area contributed by atoms with E-state index in [-0.39, 0.29) is 12.6 Å². The molecule has 0 bridgehead atoms. The smallest absolute Gasteiger partial charge is 0.0558 e. The van der Waals surface area contributed by atoms with Gasteiger partial charge in [0.25, 0.3) is 0 Å². The maximum Gasteiger partial charge on any atom is 0.0558 e. The Morgan fingerprint density at radius 3 is 2.67 bits per heavy atom. The lowest BCUT2D eigenvalue weighted by atomic mass is 10.0. The lowest BCUT2D eigenvalue weighted by Gasteiger charge is -2.30. The molecule has 3 nitrogen and oxygen atoms in total. The van der Waals surface area contributed by atoms with Gasteiger partial charge in [0, 0.05) is 19.1 Å². The average molecular weight is 250 g/mol. The molecule has 1 aromatic carbocycles. The molecule has 0 saturated heterocycles. The molecule has 0 radical (unpaired) electrons. The summed E-state index contributed by atoms with van der Waals surface area (Å²) in [4.78, 5) is 2.29. The van der Waals surface area contributed by atoms with E-state index in [0.29, 0.717) is 13.1 Å². The van der Waals surface area contributed by atoms with E-state index in [9.17, 15) is 5.11 Å². The molecule has 1 aromatic rings. The number of rotatable bonds is 8. The predicted octanol–water partition coefficient (Wildman–Crippen LogP) is 2.09. The third-order valence-electron chi connectivity index (χ3n) is 3.28. The zero-order chi connectivity index (χ0) is 13.4. The normalized spacial score (nSPS) is 12.9. The lowest BCUT2D eigenvalue weighted by Crippen LogP contribution is -2.36. The summed E-state index contributed by atoms with van der Waals surface area (Å²) in [7, 11) is 0. The largest absolute Gasteiger partial charge is 0.395 e. The first-order valence-corrected chi connectivity index (χ1v) is 6.84. The lowest BCUT2D eigenvalue weighted by molar-refractivity contribution is 0.151. The van der Waals surface area contributed by atoms with Crippen molar-refractivity contribution in [1.29, 1.82) is 0 Å². The summed E-state index contributed by atoms with van der Waals surface area (Å²) < 4.78 is 0. The van der Waals surface area contributed by atoms with Crippen LogP contribution in [0.5, 0.6) is 0 Å². The first kappa shape index (κ1) is 15.2. The van der Waals surface area contributed by atoms with Crippen molar-refractivity contribution in [3.05, 3.63) is 35.4 Å². The summed E-state index contributed by atoms with van der Waals surface area (Å²) in [5.41, 5.74) is 8.44. The topological polar surface area (TPSA) is 49.5 Å². The zero-order valence-corrected chi connectivity index (χ0v) is 11.6. The predicted molar refractivity (Wildman–Crippen MR) is 76.5 cm³/mol. The maximum atomic E-state index is 9.20. The summed E-state index contributed by atoms with van der Waals surface area (Å²) in [6, 6.07) is 8.70. The molecule has 0 spiro atoms. The van der Waals surface area contributed by atoms with E-state index in [1.54, 1.807) is 0 Å². The Morgan fingerprint density at radius 1 is 1.33 bits per heavy atom. The number of hydrogen-bond donors (Lipinski definition) is 2. The summed E-state index contributed by atoms with van der Waals surface area (Å²) in [6.45, 7) is 6.74. The quantitative estimate of drug-likeness (QED) is 0.743. The van der Waals surface area contributed by atoms with Crippen molar-refractivity contribution in [3.8, 4) is 0 Å². The van der Waals surface area contributed by atoms with Gasteiger partial charge in [-0.15, -0.1) is 0 Å². The molecule has 0 aliphatic heterocycles. The van der Waals surface area contributed by atoms with Crippen LogP contribution in [0, 0.1) is 6.92 Å². The monoisotopic (exact) mass is 250 g/mol. The fourth-order valence-corrected chi connectivity index (χ4v) is 2.29. The number of nitrogens with zero attached hydrogens (tertiary/aromatic N) is 1. The molecular formula is C15H26N2O. The van der Waals surface area contributed by atoms with Gasteiger partial charge in [-0.05, 0) is 25.5 Å². The van der Waals surface area contributed by atoms with Gasteiger partial charge in [-0.2, -0.15) is 0 Å². The van der Waals surface area contributed by atoms with Crippen LogP contribution in [0.3, 0.4) is 0 Å². The van der Waals surface area contributed by atoms with Crippen LogP contribution in [0.1, 0.15) is 36.9 Å². The third kappa shape index (κ3) is 4.41. The highest BCUT2D eigenvalue weighted by Crippen LogP contribution is 2.20. The fraction of sp³-hybridized carbons (Fsp3) is 0.600. The molecular weight excluding hydrogens is 224 g/mol. The van der Waals surface area contributed by atoms with Crippen LogP contribution >= 0.6 is 0 Å². The highest BCUT2D eigenvalue weighted by atomic mass is 16.3. The van der Waals surface area contributed by atoms with Crippen LogP contribution in [0.2, 0.25) is 0 Å². The molecule has 3 N–H and O–H groups in total. The molecule has 1 unspecified atom stereocenters. The van der Waals surface area contributed by atoms with E-state index in [4.69, 9.17) is 5.73 Å². The van der Waals surface area contributed by atoms with Gasteiger partial charge < -0.3 is 10.8 Å². The second-order valence-corrected chi connectivity index (χ2v) is 4.78. The van der Waals surface area contributed by atoms with E-state index in [1.807, 2.05) is 0 Å². The van der Waals surface area contributed by atoms with Crippen LogP contribution in [0.4, 0.5) is 0 Å². The van der Waals surface area contributed by atoms with Gasteiger partial charge in [0.15, 0.2) is 0 Å². The van der Waals surface area contributed by atoms with Crippen LogP contribution < -0.4 is 5.73 Å². The molecule has 0 fully saturated rings. The van der Waals surface area contributed by atoms with E-state index >= 15 is 0 Å². The molecule has 0 aliphatic carbocycles. The van der Waals surface area contributed by atoms with Crippen molar-refractivity contribution in [3.63, 3.8) is 0 Å². The number of hydrogen-bond acceptors (Lipinski definition) is 3. The van der Waals surface area contributed by atoms with E-state index in [1.165, 1.54) is 11.1 Å². The molecule has 102 valence electrons. The summed E-state index contributed by atoms with van der Waals surface area (Å²) in [6.07, 6.45) is 2.30. The Labute approximate surface area is 111 Å². The number of nitrogens with two attached hydrogens (primary N) is 1. The van der Waals surface area contributed by atoms with Crippen molar-refractivity contribution in [2.75, 3.05) is 26.2 Å². The second kappa shape index (κ2) is 8.25. The number of aryl methyl sites for hydroxylation is 1. The maximum absolute atomic E-state index is 9.20. The van der Waals surface area contributed by atoms with Gasteiger partial charge in [-0.25, -0.2) is 0 Å². The Hall–Kier alpha value is -0.900. The average Bonchev–Trinajstić information content (AvgIpc) is 2.37. The molecule has 0 heterocycles. The molecule has 0 aromatic heterocycles. The molecule has 18 heavy (non-hydrogen) atoms. The molecule has 0 saturated carbocycles. The van der Waals surface area contributed by atoms with Crippen molar-refractivity contribution >= 4 is 0 Å². The molecule has 1 atom stereocenters. The minimum Gasteiger partial charge on any atom is -0.395 e. The number of benzene rings is 1. The summed E-state index contributed by atoms with van der Waals surface area (Å²) >= 11 is 0. The first-order chi connectivity index (χ1) is 8.72. The van der Waals surface area contributed by atoms with E-state index in [0.717, 1.165) is 19.4 Å².